The molecule has 136 valence electrons. The van der Waals surface area contributed by atoms with Crippen LogP contribution in [0.2, 0.25) is 0 Å². The summed E-state index contributed by atoms with van der Waals surface area (Å²) in [6.45, 7) is 5.60. The number of hydrogen-bond donors (Lipinski definition) is 1. The van der Waals surface area contributed by atoms with E-state index in [-0.39, 0.29) is 24.0 Å². The minimum Gasteiger partial charge on any atom is -0.372 e. The van der Waals surface area contributed by atoms with Crippen molar-refractivity contribution in [3.63, 3.8) is 0 Å². The lowest BCUT2D eigenvalue weighted by atomic mass is 10.1. The molecule has 2 amide bonds. The number of morpholine rings is 1. The Balaban J connectivity index is 1.58. The van der Waals surface area contributed by atoms with Crippen molar-refractivity contribution in [1.29, 1.82) is 0 Å². The van der Waals surface area contributed by atoms with Crippen LogP contribution >= 0.6 is 0 Å². The molecule has 2 unspecified atom stereocenters. The first-order valence-electron chi connectivity index (χ1n) is 8.90. The van der Waals surface area contributed by atoms with Crippen molar-refractivity contribution in [2.24, 2.45) is 0 Å². The van der Waals surface area contributed by atoms with E-state index in [1.54, 1.807) is 12.1 Å². The predicted molar refractivity (Wildman–Crippen MR) is 100.0 cm³/mol. The monoisotopic (exact) mass is 352 g/mol. The van der Waals surface area contributed by atoms with Gasteiger partial charge in [0.05, 0.1) is 12.2 Å². The van der Waals surface area contributed by atoms with Crippen LogP contribution in [0.1, 0.15) is 40.1 Å². The third-order valence-corrected chi connectivity index (χ3v) is 4.40. The summed E-state index contributed by atoms with van der Waals surface area (Å²) < 4.78 is 5.68. The zero-order valence-electron chi connectivity index (χ0n) is 15.1. The van der Waals surface area contributed by atoms with Crippen molar-refractivity contribution >= 4 is 11.8 Å². The van der Waals surface area contributed by atoms with E-state index in [0.29, 0.717) is 30.8 Å². The van der Waals surface area contributed by atoms with Crippen LogP contribution in [0.15, 0.2) is 54.6 Å². The molecule has 0 spiro atoms. The molecule has 0 bridgehead atoms. The topological polar surface area (TPSA) is 58.6 Å². The molecule has 2 atom stereocenters. The van der Waals surface area contributed by atoms with E-state index in [1.165, 1.54) is 0 Å². The molecule has 1 aliphatic rings. The molecule has 1 saturated heterocycles. The summed E-state index contributed by atoms with van der Waals surface area (Å²) in [5.41, 5.74) is 2.24. The van der Waals surface area contributed by atoms with Gasteiger partial charge in [-0.2, -0.15) is 0 Å². The summed E-state index contributed by atoms with van der Waals surface area (Å²) in [6.07, 6.45) is 0.102. The SMILES string of the molecule is CC1CN(C(=O)c2ccc(CNC(=O)c3ccccc3)cc2)CC(C)O1. The Morgan fingerprint density at radius 1 is 0.962 bits per heavy atom. The highest BCUT2D eigenvalue weighted by Crippen LogP contribution is 2.15. The van der Waals surface area contributed by atoms with Crippen LogP contribution in [-0.2, 0) is 11.3 Å². The van der Waals surface area contributed by atoms with Gasteiger partial charge in [-0.25, -0.2) is 0 Å². The molecule has 0 aliphatic carbocycles. The number of nitrogens with zero attached hydrogens (tertiary/aromatic N) is 1. The van der Waals surface area contributed by atoms with E-state index in [1.807, 2.05) is 61.2 Å². The molecule has 5 nitrogen and oxygen atoms in total. The fourth-order valence-corrected chi connectivity index (χ4v) is 3.17. The minimum atomic E-state index is -0.109. The third-order valence-electron chi connectivity index (χ3n) is 4.40. The molecule has 1 N–H and O–H groups in total. The molecule has 1 aliphatic heterocycles. The summed E-state index contributed by atoms with van der Waals surface area (Å²) in [5, 5.41) is 2.89. The average molecular weight is 352 g/mol. The summed E-state index contributed by atoms with van der Waals surface area (Å²) in [4.78, 5) is 26.6. The quantitative estimate of drug-likeness (QED) is 0.920. The maximum absolute atomic E-state index is 12.7. The largest absolute Gasteiger partial charge is 0.372 e. The Kier molecular flexibility index (Phi) is 5.68. The van der Waals surface area contributed by atoms with Gasteiger partial charge in [0.1, 0.15) is 0 Å². The number of nitrogens with one attached hydrogen (secondary N) is 1. The van der Waals surface area contributed by atoms with Crippen molar-refractivity contribution in [3.05, 3.63) is 71.3 Å². The molecule has 0 aromatic heterocycles. The van der Waals surface area contributed by atoms with Gasteiger partial charge in [0, 0.05) is 30.8 Å². The summed E-state index contributed by atoms with van der Waals surface area (Å²) in [7, 11) is 0. The van der Waals surface area contributed by atoms with Gasteiger partial charge in [-0.1, -0.05) is 30.3 Å². The van der Waals surface area contributed by atoms with Crippen LogP contribution in [0.25, 0.3) is 0 Å². The number of amides is 2. The van der Waals surface area contributed by atoms with Crippen molar-refractivity contribution < 1.29 is 14.3 Å². The molecule has 1 heterocycles. The maximum atomic E-state index is 12.7. The maximum Gasteiger partial charge on any atom is 0.254 e. The smallest absolute Gasteiger partial charge is 0.254 e. The molecule has 3 rings (SSSR count). The Morgan fingerprint density at radius 2 is 1.58 bits per heavy atom. The lowest BCUT2D eigenvalue weighted by molar-refractivity contribution is -0.0586. The van der Waals surface area contributed by atoms with E-state index < -0.39 is 0 Å². The van der Waals surface area contributed by atoms with Gasteiger partial charge < -0.3 is 15.0 Å². The van der Waals surface area contributed by atoms with Gasteiger partial charge >= 0.3 is 0 Å². The second-order valence-corrected chi connectivity index (χ2v) is 6.71. The zero-order chi connectivity index (χ0) is 18.5. The molecule has 0 saturated carbocycles. The number of carbonyl (C=O) groups is 2. The predicted octanol–water partition coefficient (Wildman–Crippen LogP) is 2.87. The van der Waals surface area contributed by atoms with Crippen molar-refractivity contribution in [2.45, 2.75) is 32.6 Å². The first kappa shape index (κ1) is 18.1. The fraction of sp³-hybridized carbons (Fsp3) is 0.333. The van der Waals surface area contributed by atoms with E-state index >= 15 is 0 Å². The Hall–Kier alpha value is -2.66. The highest BCUT2D eigenvalue weighted by atomic mass is 16.5. The molecule has 2 aromatic rings. The molecule has 1 fully saturated rings. The molecule has 2 aromatic carbocycles. The highest BCUT2D eigenvalue weighted by Gasteiger charge is 2.26. The fourth-order valence-electron chi connectivity index (χ4n) is 3.17. The summed E-state index contributed by atoms with van der Waals surface area (Å²) in [6, 6.07) is 16.5. The van der Waals surface area contributed by atoms with Crippen LogP contribution < -0.4 is 5.32 Å². The normalized spacial score (nSPS) is 19.8. The Labute approximate surface area is 154 Å². The standard InChI is InChI=1S/C21H24N2O3/c1-15-13-23(14-16(2)26-15)21(25)19-10-8-17(9-11-19)12-22-20(24)18-6-4-3-5-7-18/h3-11,15-16H,12-14H2,1-2H3,(H,22,24). The van der Waals surface area contributed by atoms with Gasteiger partial charge in [0.2, 0.25) is 0 Å². The van der Waals surface area contributed by atoms with Gasteiger partial charge in [0.15, 0.2) is 0 Å². The van der Waals surface area contributed by atoms with E-state index in [4.69, 9.17) is 4.74 Å². The summed E-state index contributed by atoms with van der Waals surface area (Å²) in [5.74, 6) is -0.0890. The second-order valence-electron chi connectivity index (χ2n) is 6.71. The highest BCUT2D eigenvalue weighted by molar-refractivity contribution is 5.95. The average Bonchev–Trinajstić information content (AvgIpc) is 2.66. The van der Waals surface area contributed by atoms with E-state index in [9.17, 15) is 9.59 Å². The minimum absolute atomic E-state index is 0.0203. The molecule has 26 heavy (non-hydrogen) atoms. The first-order chi connectivity index (χ1) is 12.5. The van der Waals surface area contributed by atoms with Gasteiger partial charge in [0.25, 0.3) is 11.8 Å². The summed E-state index contributed by atoms with van der Waals surface area (Å²) >= 11 is 0. The number of ether oxygens (including phenoxy) is 1. The number of hydrogen-bond acceptors (Lipinski definition) is 3. The van der Waals surface area contributed by atoms with Crippen LogP contribution in [-0.4, -0.2) is 42.0 Å². The van der Waals surface area contributed by atoms with Crippen LogP contribution in [0.5, 0.6) is 0 Å². The zero-order valence-corrected chi connectivity index (χ0v) is 15.1. The number of rotatable bonds is 4. The van der Waals surface area contributed by atoms with E-state index in [0.717, 1.165) is 5.56 Å². The molecular formula is C21H24N2O3. The third kappa shape index (κ3) is 4.49. The molecule has 5 heteroatoms. The first-order valence-corrected chi connectivity index (χ1v) is 8.90. The van der Waals surface area contributed by atoms with E-state index in [2.05, 4.69) is 5.32 Å². The molecular weight excluding hydrogens is 328 g/mol. The van der Waals surface area contributed by atoms with Gasteiger partial charge in [-0.15, -0.1) is 0 Å². The van der Waals surface area contributed by atoms with Crippen LogP contribution in [0, 0.1) is 0 Å². The van der Waals surface area contributed by atoms with Crippen molar-refractivity contribution in [3.8, 4) is 0 Å². The molecule has 0 radical (unpaired) electrons. The van der Waals surface area contributed by atoms with Crippen molar-refractivity contribution in [2.75, 3.05) is 13.1 Å². The Morgan fingerprint density at radius 3 is 2.19 bits per heavy atom. The second kappa shape index (κ2) is 8.15. The van der Waals surface area contributed by atoms with Crippen LogP contribution in [0.3, 0.4) is 0 Å². The van der Waals surface area contributed by atoms with Crippen LogP contribution in [0.4, 0.5) is 0 Å². The van der Waals surface area contributed by atoms with Gasteiger partial charge in [-0.3, -0.25) is 9.59 Å². The number of benzene rings is 2. The lowest BCUT2D eigenvalue weighted by Crippen LogP contribution is -2.48. The Bertz CT molecular complexity index is 749. The van der Waals surface area contributed by atoms with Crippen molar-refractivity contribution in [1.82, 2.24) is 10.2 Å². The number of carbonyl (C=O) groups excluding carboxylic acids is 2. The lowest BCUT2D eigenvalue weighted by Gasteiger charge is -2.35. The van der Waals surface area contributed by atoms with Gasteiger partial charge in [-0.05, 0) is 43.7 Å².